The highest BCUT2D eigenvalue weighted by atomic mass is 32.2. The van der Waals surface area contributed by atoms with Crippen LogP contribution in [0, 0.1) is 6.92 Å². The molecule has 2 N–H and O–H groups in total. The van der Waals surface area contributed by atoms with Crippen molar-refractivity contribution in [1.29, 1.82) is 0 Å². The molecule has 11 heteroatoms. The molecule has 0 bridgehead atoms. The lowest BCUT2D eigenvalue weighted by Crippen LogP contribution is -2.32. The van der Waals surface area contributed by atoms with Gasteiger partial charge in [-0.25, -0.2) is 16.8 Å². The van der Waals surface area contributed by atoms with Crippen LogP contribution < -0.4 is 19.1 Å². The summed E-state index contributed by atoms with van der Waals surface area (Å²) in [6, 6.07) is 34.2. The monoisotopic (exact) mass is 641 g/mol. The third-order valence-corrected chi connectivity index (χ3v) is 10.1. The van der Waals surface area contributed by atoms with Crippen LogP contribution in [0.25, 0.3) is 0 Å². The minimum atomic E-state index is -4.13. The van der Waals surface area contributed by atoms with E-state index in [1.54, 1.807) is 48.5 Å². The van der Waals surface area contributed by atoms with E-state index in [-0.39, 0.29) is 27.6 Å². The number of carbonyl (C=O) groups is 1. The Morgan fingerprint density at radius 2 is 1.36 bits per heavy atom. The Morgan fingerprint density at radius 1 is 0.711 bits per heavy atom. The van der Waals surface area contributed by atoms with Gasteiger partial charge in [0.25, 0.3) is 26.0 Å². The predicted octanol–water partition coefficient (Wildman–Crippen LogP) is 6.45. The molecule has 0 aliphatic carbocycles. The Balaban J connectivity index is 1.43. The van der Waals surface area contributed by atoms with Crippen LogP contribution in [0.2, 0.25) is 0 Å². The number of anilines is 3. The topological polar surface area (TPSA) is 122 Å². The number of ether oxygens (including phenoxy) is 1. The van der Waals surface area contributed by atoms with E-state index in [1.165, 1.54) is 53.9 Å². The molecular formula is C34H31N3O6S2. The van der Waals surface area contributed by atoms with E-state index >= 15 is 0 Å². The highest BCUT2D eigenvalue weighted by molar-refractivity contribution is 7.93. The third kappa shape index (κ3) is 7.34. The Morgan fingerprint density at radius 3 is 2.02 bits per heavy atom. The SMILES string of the molecule is COc1ccc(S(=O)(=O)N(Cc2ccccc2)c2ccccc2C(=O)Nc2ccc(S(=O)(=O)Nc3cccc(C)c3)cc2)cc1. The maximum Gasteiger partial charge on any atom is 0.264 e. The Kier molecular flexibility index (Phi) is 9.21. The summed E-state index contributed by atoms with van der Waals surface area (Å²) in [5.41, 5.74) is 2.69. The van der Waals surface area contributed by atoms with Gasteiger partial charge in [-0.05, 0) is 90.8 Å². The molecule has 0 aliphatic heterocycles. The largest absolute Gasteiger partial charge is 0.497 e. The van der Waals surface area contributed by atoms with Gasteiger partial charge in [-0.15, -0.1) is 0 Å². The zero-order chi connectivity index (χ0) is 32.0. The van der Waals surface area contributed by atoms with Crippen LogP contribution in [0.4, 0.5) is 17.1 Å². The molecule has 9 nitrogen and oxygen atoms in total. The van der Waals surface area contributed by atoms with Gasteiger partial charge in [-0.3, -0.25) is 13.8 Å². The van der Waals surface area contributed by atoms with Crippen LogP contribution in [0.1, 0.15) is 21.5 Å². The third-order valence-electron chi connectivity index (χ3n) is 6.93. The molecule has 0 heterocycles. The molecule has 0 atom stereocenters. The van der Waals surface area contributed by atoms with Crippen molar-refractivity contribution in [2.24, 2.45) is 0 Å². The zero-order valence-corrected chi connectivity index (χ0v) is 26.2. The summed E-state index contributed by atoms with van der Waals surface area (Å²) in [4.78, 5) is 13.7. The summed E-state index contributed by atoms with van der Waals surface area (Å²) < 4.78 is 62.9. The molecular weight excluding hydrogens is 611 g/mol. The van der Waals surface area contributed by atoms with Crippen molar-refractivity contribution >= 4 is 43.0 Å². The van der Waals surface area contributed by atoms with Crippen LogP contribution >= 0.6 is 0 Å². The van der Waals surface area contributed by atoms with Crippen LogP contribution in [-0.4, -0.2) is 29.9 Å². The average Bonchev–Trinajstić information content (AvgIpc) is 3.04. The Bertz CT molecular complexity index is 2020. The summed E-state index contributed by atoms with van der Waals surface area (Å²) in [6.07, 6.45) is 0. The van der Waals surface area contributed by atoms with Crippen molar-refractivity contribution in [3.8, 4) is 5.75 Å². The Labute approximate surface area is 263 Å². The van der Waals surface area contributed by atoms with Crippen LogP contribution in [0.3, 0.4) is 0 Å². The fourth-order valence-electron chi connectivity index (χ4n) is 4.65. The van der Waals surface area contributed by atoms with Crippen molar-refractivity contribution < 1.29 is 26.4 Å². The number of carbonyl (C=O) groups excluding carboxylic acids is 1. The van der Waals surface area contributed by atoms with Crippen LogP contribution in [-0.2, 0) is 26.6 Å². The first-order valence-electron chi connectivity index (χ1n) is 13.9. The number of hydrogen-bond acceptors (Lipinski definition) is 6. The number of sulfonamides is 2. The molecule has 0 fully saturated rings. The van der Waals surface area contributed by atoms with Crippen molar-refractivity contribution in [3.05, 3.63) is 144 Å². The molecule has 0 radical (unpaired) electrons. The van der Waals surface area contributed by atoms with Crippen molar-refractivity contribution in [1.82, 2.24) is 0 Å². The lowest BCUT2D eigenvalue weighted by Gasteiger charge is -2.26. The molecule has 0 unspecified atom stereocenters. The molecule has 0 saturated heterocycles. The molecule has 1 amide bonds. The highest BCUT2D eigenvalue weighted by Crippen LogP contribution is 2.31. The summed E-state index contributed by atoms with van der Waals surface area (Å²) in [5, 5.41) is 2.77. The number of nitrogens with one attached hydrogen (secondary N) is 2. The molecule has 0 aliphatic rings. The lowest BCUT2D eigenvalue weighted by atomic mass is 10.1. The standard InChI is InChI=1S/C34H31N3O6S2/c1-25-9-8-12-28(23-25)36-44(39,40)30-19-15-27(16-20-30)35-34(38)32-13-6-7-14-33(32)37(24-26-10-4-3-5-11-26)45(41,42)31-21-17-29(43-2)18-22-31/h3-23,36H,24H2,1-2H3,(H,35,38). The van der Waals surface area contributed by atoms with Gasteiger partial charge in [0.15, 0.2) is 0 Å². The van der Waals surface area contributed by atoms with Gasteiger partial charge in [-0.2, -0.15) is 0 Å². The molecule has 0 aromatic heterocycles. The smallest absolute Gasteiger partial charge is 0.264 e. The van der Waals surface area contributed by atoms with Gasteiger partial charge in [0.1, 0.15) is 5.75 Å². The quantitative estimate of drug-likeness (QED) is 0.171. The lowest BCUT2D eigenvalue weighted by molar-refractivity contribution is 0.102. The Hall–Kier alpha value is -5.13. The molecule has 5 aromatic carbocycles. The first-order chi connectivity index (χ1) is 21.6. The maximum atomic E-state index is 14.0. The first-order valence-corrected chi connectivity index (χ1v) is 16.8. The van der Waals surface area contributed by atoms with E-state index in [0.29, 0.717) is 17.1 Å². The minimum Gasteiger partial charge on any atom is -0.497 e. The summed E-state index contributed by atoms with van der Waals surface area (Å²) >= 11 is 0. The fraction of sp³-hybridized carbons (Fsp3) is 0.0882. The van der Waals surface area contributed by atoms with E-state index in [4.69, 9.17) is 4.74 Å². The van der Waals surface area contributed by atoms with Crippen molar-refractivity contribution in [3.63, 3.8) is 0 Å². The number of nitrogens with zero attached hydrogens (tertiary/aromatic N) is 1. The van der Waals surface area contributed by atoms with Gasteiger partial charge >= 0.3 is 0 Å². The van der Waals surface area contributed by atoms with Gasteiger partial charge in [0.2, 0.25) is 0 Å². The normalized spacial score (nSPS) is 11.4. The molecule has 5 aromatic rings. The number of hydrogen-bond donors (Lipinski definition) is 2. The second-order valence-electron chi connectivity index (χ2n) is 10.1. The van der Waals surface area contributed by atoms with E-state index in [1.807, 2.05) is 43.3 Å². The van der Waals surface area contributed by atoms with Gasteiger partial charge < -0.3 is 10.1 Å². The van der Waals surface area contributed by atoms with Crippen molar-refractivity contribution in [2.45, 2.75) is 23.3 Å². The number of para-hydroxylation sites is 1. The number of methoxy groups -OCH3 is 1. The van der Waals surface area contributed by atoms with Crippen molar-refractivity contribution in [2.75, 3.05) is 21.5 Å². The summed E-state index contributed by atoms with van der Waals surface area (Å²) in [6.45, 7) is 1.84. The summed E-state index contributed by atoms with van der Waals surface area (Å²) in [5.74, 6) is -0.0600. The molecule has 0 spiro atoms. The second-order valence-corrected chi connectivity index (χ2v) is 13.7. The maximum absolute atomic E-state index is 14.0. The molecule has 5 rings (SSSR count). The van der Waals surface area contributed by atoms with Crippen LogP contribution in [0.15, 0.2) is 137 Å². The van der Waals surface area contributed by atoms with Crippen LogP contribution in [0.5, 0.6) is 5.75 Å². The van der Waals surface area contributed by atoms with Gasteiger partial charge in [0, 0.05) is 11.4 Å². The molecule has 45 heavy (non-hydrogen) atoms. The first kappa shape index (κ1) is 31.3. The predicted molar refractivity (Wildman–Crippen MR) is 176 cm³/mol. The van der Waals surface area contributed by atoms with E-state index < -0.39 is 26.0 Å². The fourth-order valence-corrected chi connectivity index (χ4v) is 7.17. The number of benzene rings is 5. The number of rotatable bonds is 11. The van der Waals surface area contributed by atoms with Gasteiger partial charge in [0.05, 0.1) is 34.7 Å². The minimum absolute atomic E-state index is 0.0158. The molecule has 230 valence electrons. The zero-order valence-electron chi connectivity index (χ0n) is 24.5. The highest BCUT2D eigenvalue weighted by Gasteiger charge is 2.29. The van der Waals surface area contributed by atoms with E-state index in [9.17, 15) is 21.6 Å². The van der Waals surface area contributed by atoms with E-state index in [2.05, 4.69) is 10.0 Å². The molecule has 0 saturated carbocycles. The van der Waals surface area contributed by atoms with E-state index in [0.717, 1.165) is 11.1 Å². The number of amides is 1. The van der Waals surface area contributed by atoms with Gasteiger partial charge in [-0.1, -0.05) is 54.6 Å². The summed E-state index contributed by atoms with van der Waals surface area (Å²) in [7, 11) is -6.50. The second kappa shape index (κ2) is 13.2. The average molecular weight is 642 g/mol. The number of aryl methyl sites for hydroxylation is 1.